The van der Waals surface area contributed by atoms with Gasteiger partial charge in [-0.1, -0.05) is 24.3 Å². The summed E-state index contributed by atoms with van der Waals surface area (Å²) in [6.07, 6.45) is 0. The monoisotopic (exact) mass is 299 g/mol. The van der Waals surface area contributed by atoms with Crippen molar-refractivity contribution in [2.45, 2.75) is 19.9 Å². The highest BCUT2D eigenvalue weighted by Crippen LogP contribution is 2.22. The lowest BCUT2D eigenvalue weighted by molar-refractivity contribution is 0.310. The van der Waals surface area contributed by atoms with Crippen molar-refractivity contribution in [1.29, 1.82) is 0 Å². The molecule has 1 atom stereocenters. The van der Waals surface area contributed by atoms with Crippen molar-refractivity contribution in [2.24, 2.45) is 0 Å². The van der Waals surface area contributed by atoms with Gasteiger partial charge in [-0.2, -0.15) is 4.98 Å². The lowest BCUT2D eigenvalue weighted by Gasteiger charge is -2.26. The molecule has 1 aromatic carbocycles. The molecule has 0 fully saturated rings. The number of nitrogens with zero attached hydrogens (tertiary/aromatic N) is 3. The fraction of sp³-hybridized carbons (Fsp3) is 0.412. The summed E-state index contributed by atoms with van der Waals surface area (Å²) in [6.45, 7) is 4.91. The summed E-state index contributed by atoms with van der Waals surface area (Å²) in [7, 11) is 6.03. The predicted molar refractivity (Wildman–Crippen MR) is 92.4 cm³/mol. The number of hydrogen-bond acceptors (Lipinski definition) is 5. The lowest BCUT2D eigenvalue weighted by Crippen LogP contribution is -2.27. The molecule has 5 heteroatoms. The van der Waals surface area contributed by atoms with Crippen molar-refractivity contribution in [3.8, 4) is 0 Å². The fourth-order valence-electron chi connectivity index (χ4n) is 2.50. The van der Waals surface area contributed by atoms with Crippen molar-refractivity contribution in [1.82, 2.24) is 14.9 Å². The topological polar surface area (TPSA) is 53.1 Å². The molecule has 0 radical (unpaired) electrons. The van der Waals surface area contributed by atoms with E-state index in [2.05, 4.69) is 70.8 Å². The number of benzene rings is 1. The maximum Gasteiger partial charge on any atom is 0.224 e. The van der Waals surface area contributed by atoms with E-state index in [0.717, 1.165) is 18.1 Å². The number of rotatable bonds is 6. The number of aryl methyl sites for hydroxylation is 2. The highest BCUT2D eigenvalue weighted by Gasteiger charge is 2.16. The molecular weight excluding hydrogens is 274 g/mol. The van der Waals surface area contributed by atoms with Crippen LogP contribution in [0.2, 0.25) is 0 Å². The van der Waals surface area contributed by atoms with Gasteiger partial charge in [0.1, 0.15) is 5.82 Å². The van der Waals surface area contributed by atoms with Crippen molar-refractivity contribution in [3.63, 3.8) is 0 Å². The Morgan fingerprint density at radius 1 is 1.14 bits per heavy atom. The van der Waals surface area contributed by atoms with Crippen LogP contribution in [0.4, 0.5) is 11.8 Å². The van der Waals surface area contributed by atoms with Crippen LogP contribution >= 0.6 is 0 Å². The lowest BCUT2D eigenvalue weighted by atomic mass is 10.0. The van der Waals surface area contributed by atoms with E-state index >= 15 is 0 Å². The van der Waals surface area contributed by atoms with Gasteiger partial charge >= 0.3 is 0 Å². The Kier molecular flexibility index (Phi) is 5.33. The van der Waals surface area contributed by atoms with Gasteiger partial charge < -0.3 is 15.5 Å². The van der Waals surface area contributed by atoms with E-state index in [0.29, 0.717) is 5.95 Å². The molecule has 1 aromatic heterocycles. The molecule has 0 aliphatic heterocycles. The maximum absolute atomic E-state index is 4.45. The zero-order valence-electron chi connectivity index (χ0n) is 14.0. The summed E-state index contributed by atoms with van der Waals surface area (Å²) in [5.74, 6) is 1.48. The summed E-state index contributed by atoms with van der Waals surface area (Å²) in [5, 5.41) is 6.42. The van der Waals surface area contributed by atoms with Crippen LogP contribution in [0, 0.1) is 13.8 Å². The quantitative estimate of drug-likeness (QED) is 0.859. The van der Waals surface area contributed by atoms with Gasteiger partial charge in [-0.15, -0.1) is 0 Å². The Hall–Kier alpha value is -2.14. The Morgan fingerprint density at radius 3 is 2.50 bits per heavy atom. The second-order valence-electron chi connectivity index (χ2n) is 5.69. The molecule has 0 aliphatic carbocycles. The molecule has 118 valence electrons. The Balaban J connectivity index is 2.16. The Morgan fingerprint density at radius 2 is 1.86 bits per heavy atom. The first-order valence-corrected chi connectivity index (χ1v) is 7.50. The molecule has 22 heavy (non-hydrogen) atoms. The van der Waals surface area contributed by atoms with Gasteiger partial charge in [0.25, 0.3) is 0 Å². The zero-order chi connectivity index (χ0) is 16.1. The normalized spacial score (nSPS) is 12.3. The molecule has 5 nitrogen and oxygen atoms in total. The molecule has 0 saturated heterocycles. The third kappa shape index (κ3) is 3.95. The first-order valence-electron chi connectivity index (χ1n) is 7.50. The zero-order valence-corrected chi connectivity index (χ0v) is 14.0. The standard InChI is InChI=1S/C17H25N5/c1-12-8-6-7-9-14(12)15(22(4)5)11-19-16-10-13(2)20-17(18-3)21-16/h6-10,15H,11H2,1-5H3,(H2,18,19,20,21)/t15-/m1/s1. The summed E-state index contributed by atoms with van der Waals surface area (Å²) >= 11 is 0. The third-order valence-corrected chi connectivity index (χ3v) is 3.73. The molecule has 2 N–H and O–H groups in total. The minimum Gasteiger partial charge on any atom is -0.368 e. The van der Waals surface area contributed by atoms with Gasteiger partial charge in [-0.3, -0.25) is 0 Å². The number of anilines is 2. The van der Waals surface area contributed by atoms with Crippen molar-refractivity contribution in [2.75, 3.05) is 38.3 Å². The van der Waals surface area contributed by atoms with E-state index in [1.54, 1.807) is 0 Å². The van der Waals surface area contributed by atoms with E-state index in [1.165, 1.54) is 11.1 Å². The second-order valence-corrected chi connectivity index (χ2v) is 5.69. The largest absolute Gasteiger partial charge is 0.368 e. The molecule has 0 bridgehead atoms. The van der Waals surface area contributed by atoms with E-state index in [4.69, 9.17) is 0 Å². The SMILES string of the molecule is CNc1nc(C)cc(NC[C@H](c2ccccc2C)N(C)C)n1. The van der Waals surface area contributed by atoms with Crippen molar-refractivity contribution in [3.05, 3.63) is 47.2 Å². The minimum absolute atomic E-state index is 0.287. The first kappa shape index (κ1) is 16.2. The average Bonchev–Trinajstić information content (AvgIpc) is 2.48. The summed E-state index contributed by atoms with van der Waals surface area (Å²) in [4.78, 5) is 11.0. The van der Waals surface area contributed by atoms with E-state index in [-0.39, 0.29) is 6.04 Å². The molecule has 0 unspecified atom stereocenters. The molecule has 2 rings (SSSR count). The first-order chi connectivity index (χ1) is 10.5. The van der Waals surface area contributed by atoms with Gasteiger partial charge in [0.2, 0.25) is 5.95 Å². The van der Waals surface area contributed by atoms with Crippen LogP contribution in [-0.4, -0.2) is 42.6 Å². The highest BCUT2D eigenvalue weighted by molar-refractivity contribution is 5.42. The van der Waals surface area contributed by atoms with Crippen LogP contribution in [0.3, 0.4) is 0 Å². The number of nitrogens with one attached hydrogen (secondary N) is 2. The van der Waals surface area contributed by atoms with Gasteiger partial charge in [0, 0.05) is 25.4 Å². The van der Waals surface area contributed by atoms with Crippen LogP contribution in [0.1, 0.15) is 22.9 Å². The Labute approximate surface area is 132 Å². The summed E-state index contributed by atoms with van der Waals surface area (Å²) in [6, 6.07) is 10.8. The van der Waals surface area contributed by atoms with Crippen LogP contribution in [-0.2, 0) is 0 Å². The van der Waals surface area contributed by atoms with Crippen LogP contribution in [0.25, 0.3) is 0 Å². The van der Waals surface area contributed by atoms with E-state index in [1.807, 2.05) is 20.0 Å². The minimum atomic E-state index is 0.287. The number of aromatic nitrogens is 2. The molecule has 0 saturated carbocycles. The highest BCUT2D eigenvalue weighted by atomic mass is 15.2. The maximum atomic E-state index is 4.45. The predicted octanol–water partition coefficient (Wildman–Crippen LogP) is 2.85. The molecule has 0 spiro atoms. The van der Waals surface area contributed by atoms with Crippen molar-refractivity contribution >= 4 is 11.8 Å². The van der Waals surface area contributed by atoms with Gasteiger partial charge in [-0.25, -0.2) is 4.98 Å². The van der Waals surface area contributed by atoms with Crippen LogP contribution < -0.4 is 10.6 Å². The van der Waals surface area contributed by atoms with Gasteiger partial charge in [0.15, 0.2) is 0 Å². The van der Waals surface area contributed by atoms with Crippen LogP contribution in [0.5, 0.6) is 0 Å². The van der Waals surface area contributed by atoms with Crippen LogP contribution in [0.15, 0.2) is 30.3 Å². The molecule has 2 aromatic rings. The average molecular weight is 299 g/mol. The van der Waals surface area contributed by atoms with Gasteiger partial charge in [0.05, 0.1) is 6.04 Å². The summed E-state index contributed by atoms with van der Waals surface area (Å²) in [5.41, 5.74) is 3.58. The summed E-state index contributed by atoms with van der Waals surface area (Å²) < 4.78 is 0. The smallest absolute Gasteiger partial charge is 0.224 e. The molecular formula is C17H25N5. The molecule has 0 aliphatic rings. The second kappa shape index (κ2) is 7.22. The number of hydrogen-bond donors (Lipinski definition) is 2. The van der Waals surface area contributed by atoms with E-state index in [9.17, 15) is 0 Å². The Bertz CT molecular complexity index is 624. The third-order valence-electron chi connectivity index (χ3n) is 3.73. The fourth-order valence-corrected chi connectivity index (χ4v) is 2.50. The molecule has 0 amide bonds. The van der Waals surface area contributed by atoms with E-state index < -0.39 is 0 Å². The molecule has 1 heterocycles. The number of likely N-dealkylation sites (N-methyl/N-ethyl adjacent to an activating group) is 1. The van der Waals surface area contributed by atoms with Crippen molar-refractivity contribution < 1.29 is 0 Å². The van der Waals surface area contributed by atoms with Gasteiger partial charge in [-0.05, 0) is 39.1 Å².